The maximum Gasteiger partial charge on any atom is 0.213 e. The van der Waals surface area contributed by atoms with Crippen molar-refractivity contribution < 1.29 is 19.1 Å². The molecule has 0 unspecified atom stereocenters. The molecule has 0 spiro atoms. The van der Waals surface area contributed by atoms with E-state index < -0.39 is 0 Å². The number of nitrogens with zero attached hydrogens (tertiary/aromatic N) is 4. The number of hydrogen-bond donors (Lipinski definition) is 0. The Hall–Kier alpha value is -3.55. The Kier molecular flexibility index (Phi) is 5.88. The molecule has 8 heteroatoms. The van der Waals surface area contributed by atoms with E-state index in [4.69, 9.17) is 9.47 Å². The molecule has 3 aromatic rings. The van der Waals surface area contributed by atoms with Gasteiger partial charge in [-0.25, -0.2) is 4.98 Å². The molecule has 27 heavy (non-hydrogen) atoms. The minimum Gasteiger partial charge on any atom is -0.486 e. The lowest BCUT2D eigenvalue weighted by molar-refractivity contribution is -0.108. The van der Waals surface area contributed by atoms with Crippen LogP contribution in [-0.2, 0) is 17.9 Å². The first-order valence-corrected chi connectivity index (χ1v) is 8.28. The van der Waals surface area contributed by atoms with Crippen molar-refractivity contribution in [1.82, 2.24) is 19.7 Å². The molecule has 0 atom stereocenters. The van der Waals surface area contributed by atoms with Gasteiger partial charge < -0.3 is 14.3 Å². The zero-order chi connectivity index (χ0) is 19.1. The number of aldehydes is 2. The molecule has 0 N–H and O–H groups in total. The molecule has 3 aromatic heterocycles. The van der Waals surface area contributed by atoms with Crippen molar-refractivity contribution >= 4 is 12.6 Å². The highest BCUT2D eigenvalue weighted by molar-refractivity contribution is 5.79. The van der Waals surface area contributed by atoms with Crippen molar-refractivity contribution in [1.29, 1.82) is 0 Å². The third-order valence-electron chi connectivity index (χ3n) is 3.90. The first-order chi connectivity index (χ1) is 13.3. The summed E-state index contributed by atoms with van der Waals surface area (Å²) in [5.74, 6) is 0.695. The normalized spacial score (nSPS) is 10.4. The lowest BCUT2D eigenvalue weighted by Gasteiger charge is -2.12. The number of hydrogen-bond acceptors (Lipinski definition) is 7. The van der Waals surface area contributed by atoms with Gasteiger partial charge in [0.05, 0.1) is 30.3 Å². The van der Waals surface area contributed by atoms with E-state index in [-0.39, 0.29) is 6.61 Å². The molecule has 0 aliphatic heterocycles. The molecule has 0 aromatic carbocycles. The molecule has 0 aliphatic carbocycles. The van der Waals surface area contributed by atoms with Crippen molar-refractivity contribution in [3.05, 3.63) is 54.0 Å². The highest BCUT2D eigenvalue weighted by Crippen LogP contribution is 2.25. The molecule has 3 heterocycles. The number of methoxy groups -OCH3 is 1. The number of aromatic nitrogens is 4. The molecule has 0 fully saturated rings. The fourth-order valence-corrected chi connectivity index (χ4v) is 2.59. The molecular weight excluding hydrogens is 348 g/mol. The van der Waals surface area contributed by atoms with Gasteiger partial charge in [-0.3, -0.25) is 14.5 Å². The van der Waals surface area contributed by atoms with Gasteiger partial charge in [0.2, 0.25) is 5.88 Å². The molecule has 0 bridgehead atoms. The van der Waals surface area contributed by atoms with Gasteiger partial charge in [-0.1, -0.05) is 6.07 Å². The van der Waals surface area contributed by atoms with Crippen LogP contribution in [0, 0.1) is 0 Å². The Morgan fingerprint density at radius 1 is 1.19 bits per heavy atom. The third-order valence-corrected chi connectivity index (χ3v) is 3.90. The van der Waals surface area contributed by atoms with Gasteiger partial charge in [-0.2, -0.15) is 5.10 Å². The van der Waals surface area contributed by atoms with Crippen molar-refractivity contribution in [2.24, 2.45) is 0 Å². The smallest absolute Gasteiger partial charge is 0.213 e. The average molecular weight is 366 g/mol. The summed E-state index contributed by atoms with van der Waals surface area (Å²) in [4.78, 5) is 30.5. The van der Waals surface area contributed by atoms with Gasteiger partial charge in [0, 0.05) is 37.0 Å². The van der Waals surface area contributed by atoms with E-state index >= 15 is 0 Å². The zero-order valence-corrected chi connectivity index (χ0v) is 14.7. The van der Waals surface area contributed by atoms with E-state index in [1.165, 1.54) is 19.4 Å². The Morgan fingerprint density at radius 2 is 2.07 bits per heavy atom. The van der Waals surface area contributed by atoms with Crippen LogP contribution in [0.5, 0.6) is 11.6 Å². The molecule has 8 nitrogen and oxygen atoms in total. The van der Waals surface area contributed by atoms with E-state index in [0.717, 1.165) is 17.5 Å². The second kappa shape index (κ2) is 8.70. The van der Waals surface area contributed by atoms with Gasteiger partial charge in [0.15, 0.2) is 6.29 Å². The van der Waals surface area contributed by atoms with E-state index in [0.29, 0.717) is 42.1 Å². The van der Waals surface area contributed by atoms with Crippen molar-refractivity contribution in [2.45, 2.75) is 19.6 Å². The lowest BCUT2D eigenvalue weighted by atomic mass is 10.1. The van der Waals surface area contributed by atoms with E-state index in [9.17, 15) is 9.59 Å². The lowest BCUT2D eigenvalue weighted by Crippen LogP contribution is -2.07. The van der Waals surface area contributed by atoms with E-state index in [1.807, 2.05) is 12.1 Å². The molecule has 0 saturated heterocycles. The first-order valence-electron chi connectivity index (χ1n) is 8.28. The topological polar surface area (TPSA) is 96.2 Å². The predicted molar refractivity (Wildman–Crippen MR) is 96.6 cm³/mol. The Bertz CT molecular complexity index is 939. The van der Waals surface area contributed by atoms with Crippen molar-refractivity contribution in [3.8, 4) is 23.0 Å². The quantitative estimate of drug-likeness (QED) is 0.536. The van der Waals surface area contributed by atoms with Crippen LogP contribution in [-0.4, -0.2) is 39.4 Å². The second-order valence-electron chi connectivity index (χ2n) is 5.58. The van der Waals surface area contributed by atoms with Crippen LogP contribution in [0.4, 0.5) is 0 Å². The Labute approximate surface area is 155 Å². The summed E-state index contributed by atoms with van der Waals surface area (Å²) in [6.07, 6.45) is 6.71. The van der Waals surface area contributed by atoms with Gasteiger partial charge in [-0.05, 0) is 12.1 Å². The van der Waals surface area contributed by atoms with E-state index in [2.05, 4.69) is 15.1 Å². The summed E-state index contributed by atoms with van der Waals surface area (Å²) in [5.41, 5.74) is 2.66. The van der Waals surface area contributed by atoms with Crippen molar-refractivity contribution in [3.63, 3.8) is 0 Å². The summed E-state index contributed by atoms with van der Waals surface area (Å²) in [7, 11) is 1.48. The van der Waals surface area contributed by atoms with Crippen LogP contribution in [0.3, 0.4) is 0 Å². The summed E-state index contributed by atoms with van der Waals surface area (Å²) in [5, 5.41) is 4.24. The third kappa shape index (κ3) is 4.17. The number of carbonyl (C=O) groups is 2. The molecule has 3 rings (SSSR count). The van der Waals surface area contributed by atoms with Crippen LogP contribution in [0.1, 0.15) is 22.3 Å². The highest BCUT2D eigenvalue weighted by Gasteiger charge is 2.13. The molecule has 0 aliphatic rings. The largest absolute Gasteiger partial charge is 0.486 e. The fourth-order valence-electron chi connectivity index (χ4n) is 2.59. The SMILES string of the molecule is COc1cc(C=O)c(OCc2cccnc2-c2ccnn2CCC=O)cn1. The highest BCUT2D eigenvalue weighted by atomic mass is 16.5. The van der Waals surface area contributed by atoms with Crippen LogP contribution < -0.4 is 9.47 Å². The number of pyridine rings is 2. The number of ether oxygens (including phenoxy) is 2. The molecule has 0 radical (unpaired) electrons. The Balaban J connectivity index is 1.85. The fraction of sp³-hybridized carbons (Fsp3) is 0.211. The maximum atomic E-state index is 11.3. The van der Waals surface area contributed by atoms with Gasteiger partial charge in [0.1, 0.15) is 18.6 Å². The van der Waals surface area contributed by atoms with Crippen molar-refractivity contribution in [2.75, 3.05) is 7.11 Å². The first kappa shape index (κ1) is 18.2. The molecule has 0 amide bonds. The predicted octanol–water partition coefficient (Wildman–Crippen LogP) is 2.33. The second-order valence-corrected chi connectivity index (χ2v) is 5.58. The molecule has 0 saturated carbocycles. The summed E-state index contributed by atoms with van der Waals surface area (Å²) >= 11 is 0. The molecule has 138 valence electrons. The summed E-state index contributed by atoms with van der Waals surface area (Å²) < 4.78 is 12.5. The van der Waals surface area contributed by atoms with Crippen LogP contribution >= 0.6 is 0 Å². The van der Waals surface area contributed by atoms with Crippen LogP contribution in [0.2, 0.25) is 0 Å². The minimum absolute atomic E-state index is 0.191. The number of aryl methyl sites for hydroxylation is 1. The van der Waals surface area contributed by atoms with Gasteiger partial charge >= 0.3 is 0 Å². The van der Waals surface area contributed by atoms with Crippen LogP contribution in [0.25, 0.3) is 11.4 Å². The standard InChI is InChI=1S/C19H18N4O4/c1-26-18-10-15(12-25)17(11-21-18)27-13-14-4-2-6-20-19(14)16-5-7-22-23(16)8-3-9-24/h2,4-7,9-12H,3,8,13H2,1H3. The number of rotatable bonds is 9. The van der Waals surface area contributed by atoms with E-state index in [1.54, 1.807) is 23.1 Å². The van der Waals surface area contributed by atoms with Gasteiger partial charge in [-0.15, -0.1) is 0 Å². The monoisotopic (exact) mass is 366 g/mol. The summed E-state index contributed by atoms with van der Waals surface area (Å²) in [6.45, 7) is 0.664. The molecular formula is C19H18N4O4. The number of carbonyl (C=O) groups excluding carboxylic acids is 2. The minimum atomic E-state index is 0.191. The summed E-state index contributed by atoms with van der Waals surface area (Å²) in [6, 6.07) is 7.04. The van der Waals surface area contributed by atoms with Crippen LogP contribution in [0.15, 0.2) is 42.9 Å². The maximum absolute atomic E-state index is 11.3. The Morgan fingerprint density at radius 3 is 2.85 bits per heavy atom. The zero-order valence-electron chi connectivity index (χ0n) is 14.7. The average Bonchev–Trinajstić information content (AvgIpc) is 3.19. The van der Waals surface area contributed by atoms with Gasteiger partial charge in [0.25, 0.3) is 0 Å².